The van der Waals surface area contributed by atoms with E-state index in [0.29, 0.717) is 35.0 Å². The number of amides is 2. The van der Waals surface area contributed by atoms with Crippen molar-refractivity contribution in [2.45, 2.75) is 64.1 Å². The number of fused-ring (bicyclic) bond motifs is 1. The first kappa shape index (κ1) is 31.6. The summed E-state index contributed by atoms with van der Waals surface area (Å²) in [5.74, 6) is 1.74. The van der Waals surface area contributed by atoms with Gasteiger partial charge in [0.05, 0.1) is 37.0 Å². The number of aromatic nitrogens is 1. The number of hydrogen-bond acceptors (Lipinski definition) is 7. The van der Waals surface area contributed by atoms with Crippen molar-refractivity contribution in [1.29, 1.82) is 0 Å². The predicted molar refractivity (Wildman–Crippen MR) is 174 cm³/mol. The molecular formula is C34H42ClN5O4. The monoisotopic (exact) mass is 619 g/mol. The van der Waals surface area contributed by atoms with Crippen molar-refractivity contribution < 1.29 is 19.4 Å². The Balaban J connectivity index is 1.34. The summed E-state index contributed by atoms with van der Waals surface area (Å²) in [6.45, 7) is 5.07. The number of rotatable bonds is 10. The number of likely N-dealkylation sites (N-methyl/N-ethyl adjacent to an activating group) is 1. The van der Waals surface area contributed by atoms with Gasteiger partial charge in [-0.25, -0.2) is 4.98 Å². The number of aromatic hydroxyl groups is 1. The number of pyridine rings is 1. The Morgan fingerprint density at radius 2 is 1.86 bits per heavy atom. The zero-order chi connectivity index (χ0) is 31.4. The standard InChI is InChI=1S/C34H42ClN5O4/c1-21(2)44-30-17-28-24(15-29(30)41)16-33(43)40(34(28)23-7-9-25(35)10-8-23)27-13-14-31(38-18-27)39(4)20-22-5-11-26(12-6-22)37-19-32(42)36-3/h7-10,13-15,17-18,21-22,26,34,37,41H,5-6,11-12,16,19-20H2,1-4H3,(H,36,42)/t22-,26-,34?. The summed E-state index contributed by atoms with van der Waals surface area (Å²) in [7, 11) is 3.71. The molecule has 0 spiro atoms. The van der Waals surface area contributed by atoms with Gasteiger partial charge in [-0.1, -0.05) is 23.7 Å². The van der Waals surface area contributed by atoms with E-state index in [0.717, 1.165) is 54.7 Å². The number of phenolic OH excluding ortho intramolecular Hbond substituents is 1. The number of phenols is 1. The fourth-order valence-corrected chi connectivity index (χ4v) is 6.41. The van der Waals surface area contributed by atoms with E-state index in [1.807, 2.05) is 56.3 Å². The number of ether oxygens (including phenoxy) is 1. The van der Waals surface area contributed by atoms with Gasteiger partial charge in [0.25, 0.3) is 0 Å². The van der Waals surface area contributed by atoms with Crippen LogP contribution in [-0.4, -0.2) is 61.2 Å². The normalized spacial score (nSPS) is 19.9. The average Bonchev–Trinajstić information content (AvgIpc) is 3.01. The van der Waals surface area contributed by atoms with Gasteiger partial charge in [-0.2, -0.15) is 0 Å². The maximum Gasteiger partial charge on any atom is 0.233 e. The number of nitrogens with one attached hydrogen (secondary N) is 2. The SMILES string of the molecule is CNC(=O)CN[C@H]1CC[C@H](CN(C)c2ccc(N3C(=O)Cc4cc(O)c(OC(C)C)cc4C3c3ccc(Cl)cc3)cn2)CC1. The Morgan fingerprint density at radius 3 is 2.50 bits per heavy atom. The molecule has 1 atom stereocenters. The number of anilines is 2. The average molecular weight is 620 g/mol. The summed E-state index contributed by atoms with van der Waals surface area (Å²) in [6.07, 6.45) is 6.08. The van der Waals surface area contributed by atoms with E-state index in [1.165, 1.54) is 0 Å². The van der Waals surface area contributed by atoms with Gasteiger partial charge >= 0.3 is 0 Å². The summed E-state index contributed by atoms with van der Waals surface area (Å²) in [5, 5.41) is 17.3. The second kappa shape index (κ2) is 13.9. The van der Waals surface area contributed by atoms with Crippen molar-refractivity contribution in [1.82, 2.24) is 15.6 Å². The molecule has 0 bridgehead atoms. The molecule has 3 aromatic rings. The van der Waals surface area contributed by atoms with Crippen LogP contribution in [-0.2, 0) is 16.0 Å². The Kier molecular flexibility index (Phi) is 9.96. The Labute approximate surface area is 264 Å². The van der Waals surface area contributed by atoms with E-state index in [-0.39, 0.29) is 30.1 Å². The molecule has 2 aliphatic rings. The van der Waals surface area contributed by atoms with Crippen LogP contribution in [0.4, 0.5) is 11.5 Å². The molecule has 9 nitrogen and oxygen atoms in total. The number of nitrogens with zero attached hydrogens (tertiary/aromatic N) is 3. The van der Waals surface area contributed by atoms with Crippen LogP contribution in [0.5, 0.6) is 11.5 Å². The minimum atomic E-state index is -0.448. The molecule has 2 aromatic carbocycles. The molecule has 2 heterocycles. The molecule has 1 aromatic heterocycles. The maximum atomic E-state index is 13.7. The van der Waals surface area contributed by atoms with Crippen molar-refractivity contribution in [3.63, 3.8) is 0 Å². The number of benzene rings is 2. The van der Waals surface area contributed by atoms with Gasteiger partial charge in [0.15, 0.2) is 11.5 Å². The molecule has 1 unspecified atom stereocenters. The second-order valence-electron chi connectivity index (χ2n) is 12.1. The highest BCUT2D eigenvalue weighted by Gasteiger charge is 2.36. The van der Waals surface area contributed by atoms with E-state index < -0.39 is 6.04 Å². The lowest BCUT2D eigenvalue weighted by Gasteiger charge is -2.38. The van der Waals surface area contributed by atoms with Crippen molar-refractivity contribution in [3.05, 3.63) is 76.4 Å². The Bertz CT molecular complexity index is 1460. The van der Waals surface area contributed by atoms with E-state index in [9.17, 15) is 14.7 Å². The van der Waals surface area contributed by atoms with Gasteiger partial charge in [0.2, 0.25) is 11.8 Å². The van der Waals surface area contributed by atoms with Crippen molar-refractivity contribution in [2.75, 3.05) is 37.0 Å². The molecule has 1 aliphatic heterocycles. The quantitative estimate of drug-likeness (QED) is 0.285. The number of carbonyl (C=O) groups excluding carboxylic acids is 2. The van der Waals surface area contributed by atoms with Gasteiger partial charge in [-0.05, 0) is 98.5 Å². The van der Waals surface area contributed by atoms with E-state index >= 15 is 0 Å². The lowest BCUT2D eigenvalue weighted by atomic mass is 9.85. The van der Waals surface area contributed by atoms with Crippen LogP contribution >= 0.6 is 11.6 Å². The summed E-state index contributed by atoms with van der Waals surface area (Å²) < 4.78 is 5.91. The van der Waals surface area contributed by atoms with Crippen LogP contribution in [0, 0.1) is 5.92 Å². The van der Waals surface area contributed by atoms with Gasteiger partial charge in [-0.15, -0.1) is 0 Å². The van der Waals surface area contributed by atoms with Crippen molar-refractivity contribution in [3.8, 4) is 11.5 Å². The summed E-state index contributed by atoms with van der Waals surface area (Å²) in [5.41, 5.74) is 3.25. The molecule has 5 rings (SSSR count). The largest absolute Gasteiger partial charge is 0.504 e. The van der Waals surface area contributed by atoms with Crippen LogP contribution in [0.15, 0.2) is 54.7 Å². The third-order valence-corrected chi connectivity index (χ3v) is 8.79. The van der Waals surface area contributed by atoms with Gasteiger partial charge in [0.1, 0.15) is 5.82 Å². The molecule has 1 saturated carbocycles. The third kappa shape index (κ3) is 7.27. The van der Waals surface area contributed by atoms with Crippen molar-refractivity contribution in [2.24, 2.45) is 5.92 Å². The first-order chi connectivity index (χ1) is 21.1. The molecule has 44 heavy (non-hydrogen) atoms. The molecule has 234 valence electrons. The van der Waals surface area contributed by atoms with Gasteiger partial charge in [-0.3, -0.25) is 14.5 Å². The molecular weight excluding hydrogens is 578 g/mol. The molecule has 0 saturated heterocycles. The van der Waals surface area contributed by atoms with E-state index in [1.54, 1.807) is 24.2 Å². The summed E-state index contributed by atoms with van der Waals surface area (Å²) in [6, 6.07) is 14.8. The summed E-state index contributed by atoms with van der Waals surface area (Å²) in [4.78, 5) is 34.0. The zero-order valence-corrected chi connectivity index (χ0v) is 26.6. The van der Waals surface area contributed by atoms with Crippen LogP contribution in [0.2, 0.25) is 5.02 Å². The predicted octanol–water partition coefficient (Wildman–Crippen LogP) is 5.24. The number of hydrogen-bond donors (Lipinski definition) is 3. The van der Waals surface area contributed by atoms with Crippen LogP contribution in [0.1, 0.15) is 62.3 Å². The molecule has 1 aliphatic carbocycles. The summed E-state index contributed by atoms with van der Waals surface area (Å²) >= 11 is 6.23. The highest BCUT2D eigenvalue weighted by Crippen LogP contribution is 2.43. The fraction of sp³-hybridized carbons (Fsp3) is 0.441. The minimum absolute atomic E-state index is 0.0144. The lowest BCUT2D eigenvalue weighted by Crippen LogP contribution is -2.41. The number of carbonyl (C=O) groups is 2. The van der Waals surface area contributed by atoms with Crippen molar-refractivity contribution >= 4 is 34.9 Å². The molecule has 1 fully saturated rings. The first-order valence-electron chi connectivity index (χ1n) is 15.3. The smallest absolute Gasteiger partial charge is 0.233 e. The van der Waals surface area contributed by atoms with E-state index in [2.05, 4.69) is 22.6 Å². The van der Waals surface area contributed by atoms with Crippen LogP contribution in [0.25, 0.3) is 0 Å². The van der Waals surface area contributed by atoms with Gasteiger partial charge < -0.3 is 25.4 Å². The van der Waals surface area contributed by atoms with Crippen LogP contribution < -0.4 is 25.2 Å². The molecule has 3 N–H and O–H groups in total. The Hall–Kier alpha value is -3.82. The number of halogens is 1. The topological polar surface area (TPSA) is 107 Å². The minimum Gasteiger partial charge on any atom is -0.504 e. The molecule has 0 radical (unpaired) electrons. The van der Waals surface area contributed by atoms with Crippen LogP contribution in [0.3, 0.4) is 0 Å². The fourth-order valence-electron chi connectivity index (χ4n) is 6.28. The lowest BCUT2D eigenvalue weighted by molar-refractivity contribution is -0.120. The van der Waals surface area contributed by atoms with E-state index in [4.69, 9.17) is 21.3 Å². The highest BCUT2D eigenvalue weighted by atomic mass is 35.5. The molecule has 10 heteroatoms. The Morgan fingerprint density at radius 1 is 1.14 bits per heavy atom. The molecule has 2 amide bonds. The maximum absolute atomic E-state index is 13.7. The third-order valence-electron chi connectivity index (χ3n) is 8.54. The first-order valence-corrected chi connectivity index (χ1v) is 15.7. The second-order valence-corrected chi connectivity index (χ2v) is 12.5. The highest BCUT2D eigenvalue weighted by molar-refractivity contribution is 6.30. The van der Waals surface area contributed by atoms with Gasteiger partial charge in [0, 0.05) is 31.7 Å². The zero-order valence-electron chi connectivity index (χ0n) is 25.8.